The van der Waals surface area contributed by atoms with Gasteiger partial charge in [0.1, 0.15) is 0 Å². The molecule has 2 heterocycles. The monoisotopic (exact) mass is 447 g/mol. The molecule has 1 saturated heterocycles. The zero-order valence-corrected chi connectivity index (χ0v) is 19.5. The first kappa shape index (κ1) is 23.2. The molecule has 2 aromatic rings. The number of likely N-dealkylation sites (tertiary alicyclic amines) is 1. The number of piperidine rings is 1. The Hall–Kier alpha value is -2.99. The number of carbonyl (C=O) groups excluding carboxylic acids is 3. The molecule has 2 atom stereocenters. The van der Waals surface area contributed by atoms with Gasteiger partial charge in [0.25, 0.3) is 11.8 Å². The summed E-state index contributed by atoms with van der Waals surface area (Å²) in [7, 11) is 0. The zero-order chi connectivity index (χ0) is 23.4. The topological polar surface area (TPSA) is 69.7 Å². The van der Waals surface area contributed by atoms with Gasteiger partial charge in [-0.2, -0.15) is 0 Å². The fourth-order valence-corrected chi connectivity index (χ4v) is 5.07. The van der Waals surface area contributed by atoms with E-state index in [1.165, 1.54) is 16.9 Å². The Labute approximate surface area is 196 Å². The quantitative estimate of drug-likeness (QED) is 0.624. The molecule has 0 bridgehead atoms. The van der Waals surface area contributed by atoms with Crippen LogP contribution in [0.25, 0.3) is 0 Å². The molecule has 1 N–H and O–H groups in total. The third-order valence-electron chi connectivity index (χ3n) is 6.53. The molecule has 0 saturated carbocycles. The van der Waals surface area contributed by atoms with Gasteiger partial charge in [-0.1, -0.05) is 50.2 Å². The molecular weight excluding hydrogens is 414 g/mol. The molecular formula is C27H33N3O3. The van der Waals surface area contributed by atoms with E-state index in [-0.39, 0.29) is 30.7 Å². The van der Waals surface area contributed by atoms with Gasteiger partial charge in [0, 0.05) is 39.1 Å². The minimum absolute atomic E-state index is 0.0769. The van der Waals surface area contributed by atoms with E-state index in [0.29, 0.717) is 24.1 Å². The SMILES string of the molecule is CC1CC(C)CN(Cc2ccc(CNC(=O)CCCN3C(=O)c4ccccc4C3=O)cc2)C1. The Kier molecular flexibility index (Phi) is 7.23. The number of imide groups is 1. The van der Waals surface area contributed by atoms with Crippen molar-refractivity contribution in [1.82, 2.24) is 15.1 Å². The van der Waals surface area contributed by atoms with Crippen molar-refractivity contribution in [3.8, 4) is 0 Å². The summed E-state index contributed by atoms with van der Waals surface area (Å²) in [4.78, 5) is 40.8. The highest BCUT2D eigenvalue weighted by molar-refractivity contribution is 6.21. The van der Waals surface area contributed by atoms with Crippen molar-refractivity contribution in [2.24, 2.45) is 11.8 Å². The van der Waals surface area contributed by atoms with Crippen molar-refractivity contribution in [1.29, 1.82) is 0 Å². The van der Waals surface area contributed by atoms with Crippen LogP contribution in [0.4, 0.5) is 0 Å². The first-order valence-corrected chi connectivity index (χ1v) is 11.9. The highest BCUT2D eigenvalue weighted by Crippen LogP contribution is 2.23. The van der Waals surface area contributed by atoms with Crippen LogP contribution in [0.3, 0.4) is 0 Å². The van der Waals surface area contributed by atoms with E-state index in [9.17, 15) is 14.4 Å². The smallest absolute Gasteiger partial charge is 0.261 e. The third-order valence-corrected chi connectivity index (χ3v) is 6.53. The summed E-state index contributed by atoms with van der Waals surface area (Å²) in [6.45, 7) is 8.67. The second kappa shape index (κ2) is 10.3. The first-order chi connectivity index (χ1) is 15.9. The minimum Gasteiger partial charge on any atom is -0.352 e. The maximum absolute atomic E-state index is 12.4. The van der Waals surface area contributed by atoms with Crippen LogP contribution in [-0.2, 0) is 17.9 Å². The number of fused-ring (bicyclic) bond motifs is 1. The van der Waals surface area contributed by atoms with Gasteiger partial charge in [0.15, 0.2) is 0 Å². The number of hydrogen-bond acceptors (Lipinski definition) is 4. The van der Waals surface area contributed by atoms with Crippen molar-refractivity contribution >= 4 is 17.7 Å². The lowest BCUT2D eigenvalue weighted by Crippen LogP contribution is -2.38. The second-order valence-electron chi connectivity index (χ2n) is 9.64. The fourth-order valence-electron chi connectivity index (χ4n) is 5.07. The Morgan fingerprint density at radius 2 is 1.48 bits per heavy atom. The summed E-state index contributed by atoms with van der Waals surface area (Å²) in [6.07, 6.45) is 2.03. The number of amides is 3. The van der Waals surface area contributed by atoms with Gasteiger partial charge in [0.05, 0.1) is 11.1 Å². The normalized spacial score (nSPS) is 20.7. The summed E-state index contributed by atoms with van der Waals surface area (Å²) < 4.78 is 0. The summed E-state index contributed by atoms with van der Waals surface area (Å²) in [5, 5.41) is 2.94. The number of hydrogen-bond donors (Lipinski definition) is 1. The summed E-state index contributed by atoms with van der Waals surface area (Å²) in [6, 6.07) is 15.3. The van der Waals surface area contributed by atoms with Crippen molar-refractivity contribution in [2.75, 3.05) is 19.6 Å². The summed E-state index contributed by atoms with van der Waals surface area (Å²) in [5.74, 6) is 0.877. The van der Waals surface area contributed by atoms with Crippen LogP contribution in [0.2, 0.25) is 0 Å². The van der Waals surface area contributed by atoms with Crippen LogP contribution in [0.5, 0.6) is 0 Å². The molecule has 33 heavy (non-hydrogen) atoms. The molecule has 0 spiro atoms. The van der Waals surface area contributed by atoms with Gasteiger partial charge < -0.3 is 5.32 Å². The van der Waals surface area contributed by atoms with E-state index in [1.807, 2.05) is 0 Å². The van der Waals surface area contributed by atoms with E-state index in [0.717, 1.165) is 37.0 Å². The molecule has 2 aliphatic rings. The lowest BCUT2D eigenvalue weighted by Gasteiger charge is -2.35. The van der Waals surface area contributed by atoms with Gasteiger partial charge in [-0.15, -0.1) is 0 Å². The number of nitrogens with one attached hydrogen (secondary N) is 1. The number of benzene rings is 2. The molecule has 2 aromatic carbocycles. The molecule has 0 aliphatic carbocycles. The summed E-state index contributed by atoms with van der Waals surface area (Å²) in [5.41, 5.74) is 3.25. The molecule has 6 nitrogen and oxygen atoms in total. The van der Waals surface area contributed by atoms with Crippen LogP contribution in [0.15, 0.2) is 48.5 Å². The lowest BCUT2D eigenvalue weighted by molar-refractivity contribution is -0.121. The van der Waals surface area contributed by atoms with Crippen LogP contribution < -0.4 is 5.32 Å². The van der Waals surface area contributed by atoms with Gasteiger partial charge >= 0.3 is 0 Å². The van der Waals surface area contributed by atoms with E-state index in [1.54, 1.807) is 24.3 Å². The fraction of sp³-hybridized carbons (Fsp3) is 0.444. The van der Waals surface area contributed by atoms with E-state index >= 15 is 0 Å². The van der Waals surface area contributed by atoms with Crippen LogP contribution in [-0.4, -0.2) is 47.2 Å². The maximum Gasteiger partial charge on any atom is 0.261 e. The van der Waals surface area contributed by atoms with Crippen LogP contribution in [0, 0.1) is 11.8 Å². The van der Waals surface area contributed by atoms with Crippen molar-refractivity contribution in [2.45, 2.75) is 46.2 Å². The van der Waals surface area contributed by atoms with Crippen LogP contribution in [0.1, 0.15) is 65.0 Å². The number of rotatable bonds is 8. The second-order valence-corrected chi connectivity index (χ2v) is 9.64. The molecule has 1 fully saturated rings. The van der Waals surface area contributed by atoms with E-state index in [2.05, 4.69) is 48.3 Å². The largest absolute Gasteiger partial charge is 0.352 e. The average Bonchev–Trinajstić information content (AvgIpc) is 3.03. The molecule has 6 heteroatoms. The zero-order valence-electron chi connectivity index (χ0n) is 19.5. The standard InChI is InChI=1S/C27H33N3O3/c1-19-14-20(2)17-29(16-19)18-22-11-9-21(10-12-22)15-28-25(31)8-5-13-30-26(32)23-6-3-4-7-24(23)27(30)33/h3-4,6-7,9-12,19-20H,5,8,13-18H2,1-2H3,(H,28,31). The molecule has 0 radical (unpaired) electrons. The van der Waals surface area contributed by atoms with E-state index < -0.39 is 0 Å². The van der Waals surface area contributed by atoms with E-state index in [4.69, 9.17) is 0 Å². The van der Waals surface area contributed by atoms with Crippen molar-refractivity contribution < 1.29 is 14.4 Å². The first-order valence-electron chi connectivity index (χ1n) is 11.9. The van der Waals surface area contributed by atoms with Crippen molar-refractivity contribution in [3.63, 3.8) is 0 Å². The predicted octanol–water partition coefficient (Wildman–Crippen LogP) is 3.86. The minimum atomic E-state index is -0.274. The third kappa shape index (κ3) is 5.69. The number of nitrogens with zero attached hydrogens (tertiary/aromatic N) is 2. The Morgan fingerprint density at radius 3 is 2.09 bits per heavy atom. The van der Waals surface area contributed by atoms with Gasteiger partial charge in [-0.05, 0) is 47.9 Å². The highest BCUT2D eigenvalue weighted by atomic mass is 16.2. The molecule has 0 aromatic heterocycles. The van der Waals surface area contributed by atoms with Gasteiger partial charge in [0.2, 0.25) is 5.91 Å². The van der Waals surface area contributed by atoms with Gasteiger partial charge in [-0.3, -0.25) is 24.2 Å². The Morgan fingerprint density at radius 1 is 0.909 bits per heavy atom. The Balaban J connectivity index is 1.18. The Bertz CT molecular complexity index is 973. The average molecular weight is 448 g/mol. The van der Waals surface area contributed by atoms with Gasteiger partial charge in [-0.25, -0.2) is 0 Å². The molecule has 4 rings (SSSR count). The summed E-state index contributed by atoms with van der Waals surface area (Å²) >= 11 is 0. The predicted molar refractivity (Wildman–Crippen MR) is 128 cm³/mol. The number of carbonyl (C=O) groups is 3. The molecule has 174 valence electrons. The van der Waals surface area contributed by atoms with Crippen molar-refractivity contribution in [3.05, 3.63) is 70.8 Å². The maximum atomic E-state index is 12.4. The van der Waals surface area contributed by atoms with Crippen LogP contribution >= 0.6 is 0 Å². The lowest BCUT2D eigenvalue weighted by atomic mass is 9.91. The molecule has 2 unspecified atom stereocenters. The highest BCUT2D eigenvalue weighted by Gasteiger charge is 2.34. The molecule has 3 amide bonds. The molecule has 2 aliphatic heterocycles.